The molecule has 0 aliphatic carbocycles. The topological polar surface area (TPSA) is 72.7 Å². The Hall–Kier alpha value is -2.77. The molecule has 0 spiro atoms. The number of unbranched alkanes of at least 4 members (excludes halogenated alkanes) is 3. The summed E-state index contributed by atoms with van der Waals surface area (Å²) in [5.41, 5.74) is 2.87. The molecule has 0 saturated heterocycles. The molecule has 0 saturated carbocycles. The van der Waals surface area contributed by atoms with Gasteiger partial charge in [0.25, 0.3) is 5.91 Å². The molecular formula is C22H22ClN5OS. The fourth-order valence-corrected chi connectivity index (χ4v) is 4.08. The number of carbonyl (C=O) groups excluding carboxylic acids is 1. The lowest BCUT2D eigenvalue weighted by molar-refractivity contribution is 0.102. The number of halogens is 1. The van der Waals surface area contributed by atoms with E-state index in [1.165, 1.54) is 24.4 Å². The van der Waals surface area contributed by atoms with Gasteiger partial charge in [0.1, 0.15) is 0 Å². The first-order valence-corrected chi connectivity index (χ1v) is 11.2. The molecule has 0 radical (unpaired) electrons. The van der Waals surface area contributed by atoms with E-state index in [-0.39, 0.29) is 5.91 Å². The maximum atomic E-state index is 12.6. The van der Waals surface area contributed by atoms with Gasteiger partial charge in [-0.2, -0.15) is 5.10 Å². The third-order valence-electron chi connectivity index (χ3n) is 4.87. The van der Waals surface area contributed by atoms with Crippen LogP contribution in [0.3, 0.4) is 0 Å². The molecule has 0 bridgehead atoms. The van der Waals surface area contributed by atoms with Crippen LogP contribution in [-0.4, -0.2) is 25.0 Å². The average Bonchev–Trinajstić information content (AvgIpc) is 3.40. The number of benzene rings is 1. The lowest BCUT2D eigenvalue weighted by Crippen LogP contribution is -2.12. The zero-order chi connectivity index (χ0) is 20.9. The Bertz CT molecular complexity index is 1140. The molecule has 4 rings (SSSR count). The zero-order valence-electron chi connectivity index (χ0n) is 16.6. The number of carbonyl (C=O) groups is 1. The number of hydrogen-bond acceptors (Lipinski definition) is 5. The number of aryl methyl sites for hydroxylation is 1. The number of anilines is 1. The van der Waals surface area contributed by atoms with Crippen LogP contribution < -0.4 is 5.32 Å². The number of hydrogen-bond donors (Lipinski definition) is 1. The number of amides is 1. The van der Waals surface area contributed by atoms with Crippen molar-refractivity contribution in [2.75, 3.05) is 5.32 Å². The summed E-state index contributed by atoms with van der Waals surface area (Å²) in [5.74, 6) is 0.218. The number of pyridine rings is 1. The smallest absolute Gasteiger partial charge is 0.259 e. The maximum absolute atomic E-state index is 12.6. The van der Waals surface area contributed by atoms with Crippen molar-refractivity contribution >= 4 is 45.9 Å². The van der Waals surface area contributed by atoms with Crippen molar-refractivity contribution in [3.8, 4) is 11.3 Å². The third-order valence-corrected chi connectivity index (χ3v) is 5.75. The van der Waals surface area contributed by atoms with Crippen molar-refractivity contribution in [2.24, 2.45) is 0 Å². The average molecular weight is 440 g/mol. The van der Waals surface area contributed by atoms with Gasteiger partial charge in [-0.15, -0.1) is 0 Å². The van der Waals surface area contributed by atoms with Crippen LogP contribution >= 0.6 is 23.1 Å². The quantitative estimate of drug-likeness (QED) is 0.339. The highest BCUT2D eigenvalue weighted by Crippen LogP contribution is 2.32. The third kappa shape index (κ3) is 4.37. The Morgan fingerprint density at radius 2 is 2.03 bits per heavy atom. The van der Waals surface area contributed by atoms with Crippen molar-refractivity contribution in [1.82, 2.24) is 19.1 Å². The van der Waals surface area contributed by atoms with Gasteiger partial charge in [-0.1, -0.05) is 68.1 Å². The van der Waals surface area contributed by atoms with Crippen molar-refractivity contribution in [1.29, 1.82) is 0 Å². The first-order chi connectivity index (χ1) is 14.7. The summed E-state index contributed by atoms with van der Waals surface area (Å²) in [6.45, 7) is 2.92. The van der Waals surface area contributed by atoms with Crippen LogP contribution in [-0.2, 0) is 6.54 Å². The highest BCUT2D eigenvalue weighted by atomic mass is 35.5. The highest BCUT2D eigenvalue weighted by molar-refractivity contribution is 7.03. The molecule has 3 aromatic heterocycles. The molecule has 0 aliphatic rings. The summed E-state index contributed by atoms with van der Waals surface area (Å²) < 4.78 is 5.86. The van der Waals surface area contributed by atoms with E-state index in [2.05, 4.69) is 21.7 Å². The summed E-state index contributed by atoms with van der Waals surface area (Å²) in [5, 5.41) is 10.5. The zero-order valence-corrected chi connectivity index (χ0v) is 18.2. The Labute approximate surface area is 184 Å². The highest BCUT2D eigenvalue weighted by Gasteiger charge is 2.18. The lowest BCUT2D eigenvalue weighted by Gasteiger charge is -2.06. The number of nitrogens with one attached hydrogen (secondary N) is 1. The second kappa shape index (κ2) is 9.36. The van der Waals surface area contributed by atoms with Gasteiger partial charge >= 0.3 is 0 Å². The maximum Gasteiger partial charge on any atom is 0.259 e. The number of aromatic nitrogens is 4. The van der Waals surface area contributed by atoms with Gasteiger partial charge in [0.15, 0.2) is 11.5 Å². The predicted octanol–water partition coefficient (Wildman–Crippen LogP) is 6.04. The Kier molecular flexibility index (Phi) is 6.40. The van der Waals surface area contributed by atoms with Crippen LogP contribution in [0.2, 0.25) is 5.02 Å². The Morgan fingerprint density at radius 3 is 2.77 bits per heavy atom. The minimum atomic E-state index is -0.246. The molecule has 0 fully saturated rings. The van der Waals surface area contributed by atoms with Gasteiger partial charge in [-0.05, 0) is 24.0 Å². The van der Waals surface area contributed by atoms with Crippen LogP contribution in [0.5, 0.6) is 0 Å². The molecule has 1 N–H and O–H groups in total. The SMILES string of the molecule is CCCCCCn1nc(NC(=O)c2cnsc2)c2cc(Cl)c(-c3ccccc3)nc21. The molecule has 30 heavy (non-hydrogen) atoms. The normalized spacial score (nSPS) is 11.1. The summed E-state index contributed by atoms with van der Waals surface area (Å²) in [6, 6.07) is 11.7. The molecule has 0 aliphatic heterocycles. The Morgan fingerprint density at radius 1 is 1.20 bits per heavy atom. The summed E-state index contributed by atoms with van der Waals surface area (Å²) >= 11 is 7.82. The minimum Gasteiger partial charge on any atom is -0.304 e. The van der Waals surface area contributed by atoms with Crippen molar-refractivity contribution < 1.29 is 4.79 Å². The molecule has 1 amide bonds. The van der Waals surface area contributed by atoms with Crippen LogP contribution in [0.15, 0.2) is 48.0 Å². The molecule has 4 aromatic rings. The molecular weight excluding hydrogens is 418 g/mol. The standard InChI is InChI=1S/C22H22ClN5OS/c1-2-3-4-8-11-28-21-17(20(27-28)26-22(29)16-13-24-30-14-16)12-18(23)19(25-21)15-9-6-5-7-10-15/h5-7,9-10,12-14H,2-4,8,11H2,1H3,(H,26,27,29). The van der Waals surface area contributed by atoms with E-state index in [9.17, 15) is 4.79 Å². The minimum absolute atomic E-state index is 0.246. The van der Waals surface area contributed by atoms with Gasteiger partial charge in [0, 0.05) is 17.5 Å². The second-order valence-electron chi connectivity index (χ2n) is 7.06. The van der Waals surface area contributed by atoms with Gasteiger partial charge < -0.3 is 5.32 Å². The largest absolute Gasteiger partial charge is 0.304 e. The summed E-state index contributed by atoms with van der Waals surface area (Å²) in [6.07, 6.45) is 6.02. The molecule has 8 heteroatoms. The van der Waals surface area contributed by atoms with E-state index in [0.717, 1.165) is 30.3 Å². The van der Waals surface area contributed by atoms with Crippen LogP contribution in [0, 0.1) is 0 Å². The van der Waals surface area contributed by atoms with Crippen molar-refractivity contribution in [3.05, 3.63) is 58.6 Å². The van der Waals surface area contributed by atoms with E-state index in [1.54, 1.807) is 11.6 Å². The fraction of sp³-hybridized carbons (Fsp3) is 0.273. The van der Waals surface area contributed by atoms with Crippen molar-refractivity contribution in [3.63, 3.8) is 0 Å². The molecule has 0 atom stereocenters. The molecule has 154 valence electrons. The van der Waals surface area contributed by atoms with Crippen LogP contribution in [0.1, 0.15) is 43.0 Å². The first kappa shape index (κ1) is 20.5. The lowest BCUT2D eigenvalue weighted by atomic mass is 10.1. The number of fused-ring (bicyclic) bond motifs is 1. The van der Waals surface area contributed by atoms with E-state index < -0.39 is 0 Å². The van der Waals surface area contributed by atoms with Crippen LogP contribution in [0.25, 0.3) is 22.3 Å². The van der Waals surface area contributed by atoms with Gasteiger partial charge in [0.2, 0.25) is 0 Å². The van der Waals surface area contributed by atoms with Crippen LogP contribution in [0.4, 0.5) is 5.82 Å². The van der Waals surface area contributed by atoms with Gasteiger partial charge in [-0.3, -0.25) is 4.79 Å². The van der Waals surface area contributed by atoms with E-state index >= 15 is 0 Å². The van der Waals surface area contributed by atoms with Crippen molar-refractivity contribution in [2.45, 2.75) is 39.2 Å². The first-order valence-electron chi connectivity index (χ1n) is 10.0. The number of rotatable bonds is 8. The number of nitrogens with zero attached hydrogens (tertiary/aromatic N) is 4. The molecule has 6 nitrogen and oxygen atoms in total. The fourth-order valence-electron chi connectivity index (χ4n) is 3.30. The molecule has 3 heterocycles. The predicted molar refractivity (Wildman–Crippen MR) is 122 cm³/mol. The molecule has 1 aromatic carbocycles. The van der Waals surface area contributed by atoms with Gasteiger partial charge in [-0.25, -0.2) is 14.0 Å². The van der Waals surface area contributed by atoms with E-state index in [1.807, 2.05) is 41.1 Å². The second-order valence-corrected chi connectivity index (χ2v) is 8.12. The Balaban J connectivity index is 1.74. The summed E-state index contributed by atoms with van der Waals surface area (Å²) in [4.78, 5) is 17.4. The van der Waals surface area contributed by atoms with E-state index in [0.29, 0.717) is 27.7 Å². The van der Waals surface area contributed by atoms with Gasteiger partial charge in [0.05, 0.1) is 27.9 Å². The summed E-state index contributed by atoms with van der Waals surface area (Å²) in [7, 11) is 0. The molecule has 0 unspecified atom stereocenters. The monoisotopic (exact) mass is 439 g/mol. The van der Waals surface area contributed by atoms with E-state index in [4.69, 9.17) is 16.6 Å².